The fraction of sp³-hybridized carbons (Fsp3) is 0.0769. The highest BCUT2D eigenvalue weighted by Gasteiger charge is 2.10. The van der Waals surface area contributed by atoms with Gasteiger partial charge in [0.15, 0.2) is 0 Å². The molecule has 1 amide bonds. The number of aromatic hydroxyl groups is 1. The van der Waals surface area contributed by atoms with Gasteiger partial charge in [0.1, 0.15) is 5.75 Å². The van der Waals surface area contributed by atoms with Gasteiger partial charge in [-0.05, 0) is 30.5 Å². The van der Waals surface area contributed by atoms with Crippen LogP contribution in [0.3, 0.4) is 0 Å². The number of nitrogens with zero attached hydrogens (tertiary/aromatic N) is 1. The Bertz CT molecular complexity index is 572. The van der Waals surface area contributed by atoms with Crippen molar-refractivity contribution in [2.75, 3.05) is 11.6 Å². The van der Waals surface area contributed by atoms with E-state index in [9.17, 15) is 9.90 Å². The summed E-state index contributed by atoms with van der Waals surface area (Å²) in [5, 5.41) is 12.3. The summed E-state index contributed by atoms with van der Waals surface area (Å²) in [6.07, 6.45) is 4.68. The van der Waals surface area contributed by atoms with Gasteiger partial charge in [-0.3, -0.25) is 9.78 Å². The van der Waals surface area contributed by atoms with Crippen molar-refractivity contribution < 1.29 is 9.90 Å². The van der Waals surface area contributed by atoms with Crippen LogP contribution in [0.25, 0.3) is 0 Å². The molecule has 0 radical (unpaired) electrons. The molecule has 92 valence electrons. The number of nitrogens with one attached hydrogen (secondary N) is 1. The number of rotatable bonds is 3. The van der Waals surface area contributed by atoms with Crippen LogP contribution in [0.1, 0.15) is 10.4 Å². The number of amides is 1. The van der Waals surface area contributed by atoms with Gasteiger partial charge in [-0.2, -0.15) is 0 Å². The molecule has 4 nitrogen and oxygen atoms in total. The van der Waals surface area contributed by atoms with E-state index in [-0.39, 0.29) is 17.2 Å². The topological polar surface area (TPSA) is 62.2 Å². The van der Waals surface area contributed by atoms with Crippen LogP contribution in [0.15, 0.2) is 47.6 Å². The van der Waals surface area contributed by atoms with Gasteiger partial charge in [0.25, 0.3) is 5.91 Å². The van der Waals surface area contributed by atoms with Crippen molar-refractivity contribution in [1.29, 1.82) is 0 Å². The fourth-order valence-electron chi connectivity index (χ4n) is 1.48. The number of carbonyl (C=O) groups excluding carboxylic acids is 1. The van der Waals surface area contributed by atoms with Crippen molar-refractivity contribution >= 4 is 23.4 Å². The number of carbonyl (C=O) groups is 1. The fourth-order valence-corrected chi connectivity index (χ4v) is 1.94. The standard InChI is InChI=1S/C13H12N2O2S/c1-18-10-4-2-3-9(7-10)15-13(17)11-5-6-14-8-12(11)16/h2-8,16H,1H3,(H,15,17). The van der Waals surface area contributed by atoms with Crippen LogP contribution in [0.5, 0.6) is 5.75 Å². The quantitative estimate of drug-likeness (QED) is 0.833. The van der Waals surface area contributed by atoms with Gasteiger partial charge in [-0.1, -0.05) is 6.07 Å². The monoisotopic (exact) mass is 260 g/mol. The average Bonchev–Trinajstić information content (AvgIpc) is 2.39. The smallest absolute Gasteiger partial charge is 0.259 e. The van der Waals surface area contributed by atoms with Crippen molar-refractivity contribution in [3.63, 3.8) is 0 Å². The molecule has 2 N–H and O–H groups in total. The number of aromatic nitrogens is 1. The van der Waals surface area contributed by atoms with Crippen LogP contribution >= 0.6 is 11.8 Å². The Kier molecular flexibility index (Phi) is 3.84. The lowest BCUT2D eigenvalue weighted by molar-refractivity contribution is 0.102. The molecule has 5 heteroatoms. The Morgan fingerprint density at radius 2 is 2.22 bits per heavy atom. The van der Waals surface area contributed by atoms with Gasteiger partial charge >= 0.3 is 0 Å². The summed E-state index contributed by atoms with van der Waals surface area (Å²) in [6, 6.07) is 8.98. The second kappa shape index (κ2) is 5.55. The minimum atomic E-state index is -0.354. The third-order valence-corrected chi connectivity index (χ3v) is 3.10. The highest BCUT2D eigenvalue weighted by molar-refractivity contribution is 7.98. The normalized spacial score (nSPS) is 10.1. The number of hydrogen-bond acceptors (Lipinski definition) is 4. The van der Waals surface area contributed by atoms with Gasteiger partial charge in [-0.15, -0.1) is 11.8 Å². The van der Waals surface area contributed by atoms with Crippen molar-refractivity contribution in [3.05, 3.63) is 48.3 Å². The van der Waals surface area contributed by atoms with Gasteiger partial charge < -0.3 is 10.4 Å². The van der Waals surface area contributed by atoms with E-state index in [1.54, 1.807) is 17.8 Å². The Balaban J connectivity index is 2.19. The second-order valence-electron chi connectivity index (χ2n) is 3.58. The molecule has 18 heavy (non-hydrogen) atoms. The summed E-state index contributed by atoms with van der Waals surface area (Å²) in [5.41, 5.74) is 0.905. The SMILES string of the molecule is CSc1cccc(NC(=O)c2ccncc2O)c1. The predicted octanol–water partition coefficient (Wildman–Crippen LogP) is 2.76. The number of pyridine rings is 1. The van der Waals surface area contributed by atoms with Crippen LogP contribution in [-0.4, -0.2) is 22.3 Å². The molecule has 1 aromatic heterocycles. The molecular formula is C13H12N2O2S. The Labute approximate surface area is 109 Å². The van der Waals surface area contributed by atoms with Crippen molar-refractivity contribution in [3.8, 4) is 5.75 Å². The molecular weight excluding hydrogens is 248 g/mol. The largest absolute Gasteiger partial charge is 0.505 e. The first-order valence-electron chi connectivity index (χ1n) is 5.29. The molecule has 0 saturated carbocycles. The third-order valence-electron chi connectivity index (χ3n) is 2.37. The van der Waals surface area contributed by atoms with E-state index in [0.29, 0.717) is 5.69 Å². The lowest BCUT2D eigenvalue weighted by Gasteiger charge is -2.07. The van der Waals surface area contributed by atoms with Gasteiger partial charge in [-0.25, -0.2) is 0 Å². The summed E-state index contributed by atoms with van der Waals surface area (Å²) < 4.78 is 0. The zero-order valence-corrected chi connectivity index (χ0v) is 10.6. The van der Waals surface area contributed by atoms with Crippen LogP contribution < -0.4 is 5.32 Å². The van der Waals surface area contributed by atoms with E-state index in [1.165, 1.54) is 18.5 Å². The summed E-state index contributed by atoms with van der Waals surface area (Å²) in [7, 11) is 0. The molecule has 0 aliphatic rings. The second-order valence-corrected chi connectivity index (χ2v) is 4.46. The minimum absolute atomic E-state index is 0.129. The van der Waals surface area contributed by atoms with E-state index < -0.39 is 0 Å². The molecule has 0 bridgehead atoms. The zero-order valence-electron chi connectivity index (χ0n) is 9.75. The summed E-state index contributed by atoms with van der Waals surface area (Å²) in [6.45, 7) is 0. The van der Waals surface area contributed by atoms with Crippen LogP contribution in [-0.2, 0) is 0 Å². The lowest BCUT2D eigenvalue weighted by atomic mass is 10.2. The van der Waals surface area contributed by atoms with Gasteiger partial charge in [0.2, 0.25) is 0 Å². The molecule has 1 aromatic carbocycles. The molecule has 0 fully saturated rings. The maximum absolute atomic E-state index is 11.9. The highest BCUT2D eigenvalue weighted by atomic mass is 32.2. The summed E-state index contributed by atoms with van der Waals surface area (Å²) >= 11 is 1.60. The van der Waals surface area contributed by atoms with E-state index in [4.69, 9.17) is 0 Å². The maximum Gasteiger partial charge on any atom is 0.259 e. The molecule has 1 heterocycles. The molecule has 2 rings (SSSR count). The van der Waals surface area contributed by atoms with Crippen LogP contribution in [0, 0.1) is 0 Å². The highest BCUT2D eigenvalue weighted by Crippen LogP contribution is 2.21. The Hall–Kier alpha value is -2.01. The first kappa shape index (κ1) is 12.4. The van der Waals surface area contributed by atoms with Gasteiger partial charge in [0, 0.05) is 16.8 Å². The summed E-state index contributed by atoms with van der Waals surface area (Å²) in [5.74, 6) is -0.482. The number of benzene rings is 1. The Morgan fingerprint density at radius 3 is 2.94 bits per heavy atom. The number of hydrogen-bond donors (Lipinski definition) is 2. The summed E-state index contributed by atoms with van der Waals surface area (Å²) in [4.78, 5) is 16.7. The first-order chi connectivity index (χ1) is 8.70. The third kappa shape index (κ3) is 2.81. The molecule has 0 spiro atoms. The minimum Gasteiger partial charge on any atom is -0.505 e. The molecule has 0 saturated heterocycles. The molecule has 2 aromatic rings. The van der Waals surface area contributed by atoms with Crippen LogP contribution in [0.2, 0.25) is 0 Å². The maximum atomic E-state index is 11.9. The van der Waals surface area contributed by atoms with E-state index in [2.05, 4.69) is 10.3 Å². The van der Waals surface area contributed by atoms with Crippen molar-refractivity contribution in [2.24, 2.45) is 0 Å². The Morgan fingerprint density at radius 1 is 1.39 bits per heavy atom. The predicted molar refractivity (Wildman–Crippen MR) is 72.1 cm³/mol. The van der Waals surface area contributed by atoms with E-state index in [1.807, 2.05) is 24.5 Å². The van der Waals surface area contributed by atoms with E-state index >= 15 is 0 Å². The molecule has 0 aliphatic heterocycles. The van der Waals surface area contributed by atoms with Gasteiger partial charge in [0.05, 0.1) is 11.8 Å². The average molecular weight is 260 g/mol. The van der Waals surface area contributed by atoms with Crippen molar-refractivity contribution in [1.82, 2.24) is 4.98 Å². The zero-order chi connectivity index (χ0) is 13.0. The van der Waals surface area contributed by atoms with Crippen LogP contribution in [0.4, 0.5) is 5.69 Å². The first-order valence-corrected chi connectivity index (χ1v) is 6.51. The van der Waals surface area contributed by atoms with E-state index in [0.717, 1.165) is 4.90 Å². The molecule has 0 unspecified atom stereocenters. The van der Waals surface area contributed by atoms with Crippen molar-refractivity contribution in [2.45, 2.75) is 4.90 Å². The molecule has 0 aliphatic carbocycles. The lowest BCUT2D eigenvalue weighted by Crippen LogP contribution is -2.12. The number of anilines is 1. The number of thioether (sulfide) groups is 1. The molecule has 0 atom stereocenters.